The van der Waals surface area contributed by atoms with E-state index in [1.165, 1.54) is 24.3 Å². The van der Waals surface area contributed by atoms with Crippen LogP contribution in [0.15, 0.2) is 58.3 Å². The van der Waals surface area contributed by atoms with Gasteiger partial charge in [0.1, 0.15) is 0 Å². The third kappa shape index (κ3) is 6.10. The van der Waals surface area contributed by atoms with Crippen LogP contribution in [0.5, 0.6) is 0 Å². The van der Waals surface area contributed by atoms with E-state index in [0.29, 0.717) is 12.8 Å². The summed E-state index contributed by atoms with van der Waals surface area (Å²) in [6.07, 6.45) is 0.935. The van der Waals surface area contributed by atoms with Crippen molar-refractivity contribution in [2.45, 2.75) is 48.6 Å². The molecule has 0 aliphatic rings. The van der Waals surface area contributed by atoms with Crippen molar-refractivity contribution >= 4 is 20.0 Å². The molecular weight excluding hydrogens is 428 g/mol. The maximum Gasteiger partial charge on any atom is 0.240 e. The fourth-order valence-electron chi connectivity index (χ4n) is 2.73. The van der Waals surface area contributed by atoms with Gasteiger partial charge in [0.2, 0.25) is 20.0 Å². The Hall–Kier alpha value is -1.82. The molecule has 166 valence electrons. The Balaban J connectivity index is 2.20. The maximum absolute atomic E-state index is 12.4. The molecule has 2 aromatic carbocycles. The third-order valence-electron chi connectivity index (χ3n) is 4.73. The number of hydrogen-bond acceptors (Lipinski definition) is 6. The van der Waals surface area contributed by atoms with Gasteiger partial charge in [-0.15, -0.1) is 0 Å². The van der Waals surface area contributed by atoms with Crippen LogP contribution in [0.4, 0.5) is 0 Å². The Labute approximate surface area is 178 Å². The molecule has 0 aromatic heterocycles. The number of aliphatic hydroxyl groups is 2. The molecule has 2 rings (SSSR count). The van der Waals surface area contributed by atoms with Gasteiger partial charge < -0.3 is 10.2 Å². The van der Waals surface area contributed by atoms with Gasteiger partial charge in [0.15, 0.2) is 0 Å². The highest BCUT2D eigenvalue weighted by molar-refractivity contribution is 7.89. The molecule has 0 aliphatic heterocycles. The lowest BCUT2D eigenvalue weighted by Gasteiger charge is -2.15. The normalized spacial score (nSPS) is 14.4. The summed E-state index contributed by atoms with van der Waals surface area (Å²) in [4.78, 5) is 0.160. The second-order valence-corrected chi connectivity index (χ2v) is 10.3. The standard InChI is InChI=1S/C20H28N2O6S2/c1-3-17(13-23)21-29(25,26)19-9-5-15(6-10-19)16-7-11-20(12-8-16)30(27,28)22-18(4-2)14-24/h5-12,17-18,21-24H,3-4,13-14H2,1-2H3/t17-,18-/m0/s1. The molecule has 0 unspecified atom stereocenters. The van der Waals surface area contributed by atoms with Crippen LogP contribution in [0.3, 0.4) is 0 Å². The summed E-state index contributed by atoms with van der Waals surface area (Å²) < 4.78 is 54.4. The second-order valence-electron chi connectivity index (χ2n) is 6.87. The van der Waals surface area contributed by atoms with Crippen molar-refractivity contribution < 1.29 is 27.0 Å². The topological polar surface area (TPSA) is 133 Å². The van der Waals surface area contributed by atoms with E-state index in [1.54, 1.807) is 38.1 Å². The minimum atomic E-state index is -3.74. The molecule has 0 heterocycles. The fourth-order valence-corrected chi connectivity index (χ4v) is 5.35. The second kappa shape index (κ2) is 10.5. The summed E-state index contributed by atoms with van der Waals surface area (Å²) in [6.45, 7) is 2.99. The first-order valence-corrected chi connectivity index (χ1v) is 12.6. The molecule has 2 atom stereocenters. The molecule has 0 fully saturated rings. The molecule has 0 aliphatic carbocycles. The maximum atomic E-state index is 12.4. The third-order valence-corrected chi connectivity index (χ3v) is 7.81. The lowest BCUT2D eigenvalue weighted by atomic mass is 10.1. The highest BCUT2D eigenvalue weighted by atomic mass is 32.2. The van der Waals surface area contributed by atoms with E-state index in [1.807, 2.05) is 0 Å². The molecule has 2 aromatic rings. The molecule has 0 bridgehead atoms. The van der Waals surface area contributed by atoms with E-state index in [2.05, 4.69) is 9.44 Å². The lowest BCUT2D eigenvalue weighted by Crippen LogP contribution is -2.36. The molecular formula is C20H28N2O6S2. The number of nitrogens with one attached hydrogen (secondary N) is 2. The largest absolute Gasteiger partial charge is 0.395 e. The van der Waals surface area contributed by atoms with Crippen LogP contribution in [0.2, 0.25) is 0 Å². The summed E-state index contributed by atoms with van der Waals surface area (Å²) in [5.74, 6) is 0. The minimum absolute atomic E-state index is 0.0798. The van der Waals surface area contributed by atoms with E-state index in [9.17, 15) is 27.0 Å². The van der Waals surface area contributed by atoms with E-state index < -0.39 is 32.1 Å². The zero-order chi connectivity index (χ0) is 22.4. The van der Waals surface area contributed by atoms with Gasteiger partial charge >= 0.3 is 0 Å². The minimum Gasteiger partial charge on any atom is -0.395 e. The van der Waals surface area contributed by atoms with Crippen LogP contribution in [0, 0.1) is 0 Å². The predicted octanol–water partition coefficient (Wildman–Crippen LogP) is 1.45. The Bertz CT molecular complexity index is 926. The molecule has 0 radical (unpaired) electrons. The van der Waals surface area contributed by atoms with E-state index in [-0.39, 0.29) is 23.0 Å². The molecule has 4 N–H and O–H groups in total. The van der Waals surface area contributed by atoms with Crippen molar-refractivity contribution in [2.24, 2.45) is 0 Å². The van der Waals surface area contributed by atoms with E-state index in [0.717, 1.165) is 11.1 Å². The first-order valence-electron chi connectivity index (χ1n) is 9.63. The number of hydrogen-bond donors (Lipinski definition) is 4. The Kier molecular flexibility index (Phi) is 8.53. The van der Waals surface area contributed by atoms with Crippen LogP contribution in [0.25, 0.3) is 11.1 Å². The van der Waals surface area contributed by atoms with Crippen molar-refractivity contribution in [1.82, 2.24) is 9.44 Å². The van der Waals surface area contributed by atoms with Gasteiger partial charge in [-0.2, -0.15) is 0 Å². The van der Waals surface area contributed by atoms with Crippen LogP contribution >= 0.6 is 0 Å². The summed E-state index contributed by atoms with van der Waals surface area (Å²) in [7, 11) is -7.49. The molecule has 8 nitrogen and oxygen atoms in total. The Morgan fingerprint density at radius 1 is 0.667 bits per heavy atom. The fraction of sp³-hybridized carbons (Fsp3) is 0.400. The van der Waals surface area contributed by atoms with Crippen molar-refractivity contribution in [1.29, 1.82) is 0 Å². The average molecular weight is 457 g/mol. The summed E-state index contributed by atoms with van der Waals surface area (Å²) in [5, 5.41) is 18.4. The first-order chi connectivity index (χ1) is 14.2. The zero-order valence-corrected chi connectivity index (χ0v) is 18.6. The predicted molar refractivity (Wildman–Crippen MR) is 115 cm³/mol. The monoisotopic (exact) mass is 456 g/mol. The highest BCUT2D eigenvalue weighted by Gasteiger charge is 2.20. The van der Waals surface area contributed by atoms with Crippen molar-refractivity contribution in [3.8, 4) is 11.1 Å². The summed E-state index contributed by atoms with van der Waals surface area (Å²) in [6, 6.07) is 11.3. The molecule has 10 heteroatoms. The van der Waals surface area contributed by atoms with E-state index in [4.69, 9.17) is 0 Å². The highest BCUT2D eigenvalue weighted by Crippen LogP contribution is 2.23. The number of rotatable bonds is 11. The smallest absolute Gasteiger partial charge is 0.240 e. The summed E-state index contributed by atoms with van der Waals surface area (Å²) in [5.41, 5.74) is 1.45. The van der Waals surface area contributed by atoms with Crippen LogP contribution in [-0.4, -0.2) is 52.3 Å². The van der Waals surface area contributed by atoms with Gasteiger partial charge in [-0.25, -0.2) is 26.3 Å². The van der Waals surface area contributed by atoms with Crippen molar-refractivity contribution in [3.63, 3.8) is 0 Å². The molecule has 30 heavy (non-hydrogen) atoms. The van der Waals surface area contributed by atoms with Gasteiger partial charge in [0.05, 0.1) is 23.0 Å². The molecule has 0 saturated heterocycles. The summed E-state index contributed by atoms with van der Waals surface area (Å²) >= 11 is 0. The average Bonchev–Trinajstić information content (AvgIpc) is 2.76. The van der Waals surface area contributed by atoms with Gasteiger partial charge in [-0.05, 0) is 48.2 Å². The molecule has 0 spiro atoms. The number of sulfonamides is 2. The Morgan fingerprint density at radius 3 is 1.20 bits per heavy atom. The quantitative estimate of drug-likeness (QED) is 0.405. The number of aliphatic hydroxyl groups excluding tert-OH is 2. The first kappa shape index (κ1) is 24.4. The van der Waals surface area contributed by atoms with E-state index >= 15 is 0 Å². The van der Waals surface area contributed by atoms with Gasteiger partial charge in [-0.1, -0.05) is 38.1 Å². The van der Waals surface area contributed by atoms with Gasteiger partial charge in [0.25, 0.3) is 0 Å². The number of benzene rings is 2. The molecule has 0 saturated carbocycles. The van der Waals surface area contributed by atoms with Crippen molar-refractivity contribution in [3.05, 3.63) is 48.5 Å². The lowest BCUT2D eigenvalue weighted by molar-refractivity contribution is 0.253. The SMILES string of the molecule is CC[C@@H](CO)NS(=O)(=O)c1ccc(-c2ccc(S(=O)(=O)N[C@@H](CC)CO)cc2)cc1. The van der Waals surface area contributed by atoms with Crippen LogP contribution in [-0.2, 0) is 20.0 Å². The van der Waals surface area contributed by atoms with Gasteiger partial charge in [0, 0.05) is 12.1 Å². The molecule has 0 amide bonds. The van der Waals surface area contributed by atoms with Crippen molar-refractivity contribution in [2.75, 3.05) is 13.2 Å². The van der Waals surface area contributed by atoms with Gasteiger partial charge in [-0.3, -0.25) is 0 Å². The zero-order valence-electron chi connectivity index (χ0n) is 16.9. The Morgan fingerprint density at radius 2 is 0.967 bits per heavy atom. The van der Waals surface area contributed by atoms with Crippen LogP contribution in [0.1, 0.15) is 26.7 Å². The van der Waals surface area contributed by atoms with Crippen LogP contribution < -0.4 is 9.44 Å².